The second-order valence-corrected chi connectivity index (χ2v) is 5.13. The molecular formula is C15H24N2. The van der Waals surface area contributed by atoms with Crippen LogP contribution < -0.4 is 0 Å². The van der Waals surface area contributed by atoms with Crippen LogP contribution >= 0.6 is 0 Å². The maximum Gasteiger partial charge on any atom is 0.0230 e. The van der Waals surface area contributed by atoms with Crippen molar-refractivity contribution in [1.82, 2.24) is 9.80 Å². The van der Waals surface area contributed by atoms with Gasteiger partial charge in [-0.05, 0) is 58.1 Å². The molecule has 1 aliphatic heterocycles. The molecule has 0 saturated carbocycles. The lowest BCUT2D eigenvalue weighted by Gasteiger charge is -2.19. The molecule has 1 aromatic carbocycles. The predicted molar refractivity (Wildman–Crippen MR) is 73.1 cm³/mol. The van der Waals surface area contributed by atoms with Crippen molar-refractivity contribution in [3.8, 4) is 0 Å². The van der Waals surface area contributed by atoms with Crippen LogP contribution in [0.1, 0.15) is 24.8 Å². The minimum atomic E-state index is 1.07. The zero-order chi connectivity index (χ0) is 11.9. The molecule has 1 fully saturated rings. The molecule has 0 bridgehead atoms. The van der Waals surface area contributed by atoms with E-state index in [1.165, 1.54) is 51.0 Å². The fourth-order valence-corrected chi connectivity index (χ4v) is 2.54. The van der Waals surface area contributed by atoms with Crippen LogP contribution in [0.2, 0.25) is 0 Å². The Balaban J connectivity index is 1.62. The second-order valence-electron chi connectivity index (χ2n) is 5.13. The molecule has 2 rings (SSSR count). The largest absolute Gasteiger partial charge is 0.303 e. The topological polar surface area (TPSA) is 6.48 Å². The van der Waals surface area contributed by atoms with Crippen LogP contribution in [0.5, 0.6) is 0 Å². The molecule has 17 heavy (non-hydrogen) atoms. The Kier molecular flexibility index (Phi) is 5.02. The molecule has 0 N–H and O–H groups in total. The van der Waals surface area contributed by atoms with Crippen molar-refractivity contribution < 1.29 is 0 Å². The molecule has 94 valence electrons. The van der Waals surface area contributed by atoms with E-state index in [-0.39, 0.29) is 0 Å². The van der Waals surface area contributed by atoms with Crippen molar-refractivity contribution in [2.24, 2.45) is 0 Å². The number of likely N-dealkylation sites (tertiary alicyclic amines) is 1. The molecule has 0 aromatic heterocycles. The quantitative estimate of drug-likeness (QED) is 0.744. The Bertz CT molecular complexity index is 304. The van der Waals surface area contributed by atoms with E-state index in [9.17, 15) is 0 Å². The molecular weight excluding hydrogens is 208 g/mol. The molecule has 0 spiro atoms. The summed E-state index contributed by atoms with van der Waals surface area (Å²) in [4.78, 5) is 5.02. The summed E-state index contributed by atoms with van der Waals surface area (Å²) in [5, 5.41) is 0. The Hall–Kier alpha value is -0.860. The molecule has 0 aliphatic carbocycles. The number of nitrogens with zero attached hydrogens (tertiary/aromatic N) is 2. The lowest BCUT2D eigenvalue weighted by atomic mass is 10.2. The van der Waals surface area contributed by atoms with Crippen molar-refractivity contribution in [2.45, 2.75) is 25.8 Å². The summed E-state index contributed by atoms with van der Waals surface area (Å²) in [7, 11) is 2.22. The fourth-order valence-electron chi connectivity index (χ4n) is 2.54. The van der Waals surface area contributed by atoms with Crippen LogP contribution in [0.3, 0.4) is 0 Å². The van der Waals surface area contributed by atoms with Crippen LogP contribution in [0.25, 0.3) is 0 Å². The number of benzene rings is 1. The minimum Gasteiger partial charge on any atom is -0.303 e. The van der Waals surface area contributed by atoms with Crippen LogP contribution in [-0.2, 0) is 6.54 Å². The van der Waals surface area contributed by atoms with E-state index >= 15 is 0 Å². The van der Waals surface area contributed by atoms with Gasteiger partial charge < -0.3 is 9.80 Å². The van der Waals surface area contributed by atoms with Gasteiger partial charge in [-0.2, -0.15) is 0 Å². The highest BCUT2D eigenvalue weighted by atomic mass is 15.1. The first-order valence-corrected chi connectivity index (χ1v) is 6.79. The monoisotopic (exact) mass is 232 g/mol. The second kappa shape index (κ2) is 6.77. The maximum atomic E-state index is 2.59. The third kappa shape index (κ3) is 4.49. The summed E-state index contributed by atoms with van der Waals surface area (Å²) in [6.45, 7) is 6.19. The van der Waals surface area contributed by atoms with Gasteiger partial charge in [-0.15, -0.1) is 0 Å². The molecule has 2 heteroatoms. The molecule has 1 heterocycles. The lowest BCUT2D eigenvalue weighted by molar-refractivity contribution is 0.275. The molecule has 0 radical (unpaired) electrons. The van der Waals surface area contributed by atoms with E-state index in [1.54, 1.807) is 0 Å². The first-order valence-electron chi connectivity index (χ1n) is 6.79. The van der Waals surface area contributed by atoms with E-state index in [1.807, 2.05) is 0 Å². The third-order valence-corrected chi connectivity index (χ3v) is 3.51. The Labute approximate surface area is 105 Å². The summed E-state index contributed by atoms with van der Waals surface area (Å²) >= 11 is 0. The SMILES string of the molecule is CN(CCCN1CCCC1)Cc1ccccc1. The molecule has 1 aromatic rings. The third-order valence-electron chi connectivity index (χ3n) is 3.51. The highest BCUT2D eigenvalue weighted by Gasteiger charge is 2.10. The highest BCUT2D eigenvalue weighted by molar-refractivity contribution is 5.14. The van der Waals surface area contributed by atoms with Gasteiger partial charge in [0.05, 0.1) is 0 Å². The lowest BCUT2D eigenvalue weighted by Crippen LogP contribution is -2.26. The van der Waals surface area contributed by atoms with E-state index in [0.717, 1.165) is 6.54 Å². The van der Waals surface area contributed by atoms with Gasteiger partial charge in [-0.25, -0.2) is 0 Å². The van der Waals surface area contributed by atoms with Crippen molar-refractivity contribution in [2.75, 3.05) is 33.2 Å². The van der Waals surface area contributed by atoms with E-state index in [0.29, 0.717) is 0 Å². The molecule has 0 amide bonds. The average molecular weight is 232 g/mol. The van der Waals surface area contributed by atoms with Gasteiger partial charge in [-0.3, -0.25) is 0 Å². The molecule has 2 nitrogen and oxygen atoms in total. The van der Waals surface area contributed by atoms with Crippen LogP contribution in [0.15, 0.2) is 30.3 Å². The van der Waals surface area contributed by atoms with Crippen LogP contribution in [0.4, 0.5) is 0 Å². The first kappa shape index (κ1) is 12.6. The summed E-state index contributed by atoms with van der Waals surface area (Å²) in [6, 6.07) is 10.7. The van der Waals surface area contributed by atoms with E-state index < -0.39 is 0 Å². The van der Waals surface area contributed by atoms with Crippen molar-refractivity contribution in [3.05, 3.63) is 35.9 Å². The summed E-state index contributed by atoms with van der Waals surface area (Å²) in [6.07, 6.45) is 4.10. The summed E-state index contributed by atoms with van der Waals surface area (Å²) < 4.78 is 0. The van der Waals surface area contributed by atoms with Gasteiger partial charge in [0.15, 0.2) is 0 Å². The first-order chi connectivity index (χ1) is 8.34. The normalized spacial score (nSPS) is 16.8. The zero-order valence-corrected chi connectivity index (χ0v) is 10.9. The van der Waals surface area contributed by atoms with E-state index in [4.69, 9.17) is 0 Å². The molecule has 0 atom stereocenters. The van der Waals surface area contributed by atoms with Gasteiger partial charge in [0.2, 0.25) is 0 Å². The summed E-state index contributed by atoms with van der Waals surface area (Å²) in [5.41, 5.74) is 1.41. The number of hydrogen-bond acceptors (Lipinski definition) is 2. The Morgan fingerprint density at radius 1 is 1.12 bits per heavy atom. The predicted octanol–water partition coefficient (Wildman–Crippen LogP) is 2.60. The maximum absolute atomic E-state index is 2.59. The Morgan fingerprint density at radius 2 is 1.82 bits per heavy atom. The number of rotatable bonds is 6. The van der Waals surface area contributed by atoms with Gasteiger partial charge in [-0.1, -0.05) is 30.3 Å². The molecule has 1 aliphatic rings. The number of hydrogen-bond donors (Lipinski definition) is 0. The average Bonchev–Trinajstić information content (AvgIpc) is 2.83. The van der Waals surface area contributed by atoms with Crippen molar-refractivity contribution in [3.63, 3.8) is 0 Å². The van der Waals surface area contributed by atoms with Crippen molar-refractivity contribution in [1.29, 1.82) is 0 Å². The van der Waals surface area contributed by atoms with E-state index in [2.05, 4.69) is 47.2 Å². The standard InChI is InChI=1S/C15H24N2/c1-16(14-15-8-3-2-4-9-15)10-7-13-17-11-5-6-12-17/h2-4,8-9H,5-7,10-14H2,1H3. The van der Waals surface area contributed by atoms with Gasteiger partial charge >= 0.3 is 0 Å². The minimum absolute atomic E-state index is 1.07. The van der Waals surface area contributed by atoms with Crippen molar-refractivity contribution >= 4 is 0 Å². The van der Waals surface area contributed by atoms with Crippen LogP contribution in [0, 0.1) is 0 Å². The zero-order valence-electron chi connectivity index (χ0n) is 10.9. The van der Waals surface area contributed by atoms with Gasteiger partial charge in [0.1, 0.15) is 0 Å². The molecule has 0 unspecified atom stereocenters. The highest BCUT2D eigenvalue weighted by Crippen LogP contribution is 2.08. The smallest absolute Gasteiger partial charge is 0.0230 e. The van der Waals surface area contributed by atoms with Gasteiger partial charge in [0, 0.05) is 6.54 Å². The fraction of sp³-hybridized carbons (Fsp3) is 0.600. The van der Waals surface area contributed by atoms with Crippen LogP contribution in [-0.4, -0.2) is 43.0 Å². The summed E-state index contributed by atoms with van der Waals surface area (Å²) in [5.74, 6) is 0. The van der Waals surface area contributed by atoms with Gasteiger partial charge in [0.25, 0.3) is 0 Å². The molecule has 1 saturated heterocycles. The Morgan fingerprint density at radius 3 is 2.53 bits per heavy atom.